The molecule has 1 aromatic carbocycles. The van der Waals surface area contributed by atoms with E-state index >= 15 is 0 Å². The van der Waals surface area contributed by atoms with Crippen LogP contribution in [-0.2, 0) is 4.79 Å². The molecular weight excluding hydrogens is 340 g/mol. The second-order valence-electron chi connectivity index (χ2n) is 8.97. The Morgan fingerprint density at radius 3 is 2.37 bits per heavy atom. The molecule has 4 bridgehead atoms. The fourth-order valence-corrected chi connectivity index (χ4v) is 6.04. The van der Waals surface area contributed by atoms with Crippen LogP contribution in [0.4, 0.5) is 0 Å². The van der Waals surface area contributed by atoms with Gasteiger partial charge in [0, 0.05) is 12.0 Å². The summed E-state index contributed by atoms with van der Waals surface area (Å²) in [4.78, 5) is 24.9. The topological polar surface area (TPSA) is 67.4 Å². The smallest absolute Gasteiger partial charge is 0.269 e. The van der Waals surface area contributed by atoms with Gasteiger partial charge in [-0.3, -0.25) is 20.4 Å². The summed E-state index contributed by atoms with van der Waals surface area (Å²) >= 11 is 0. The van der Waals surface area contributed by atoms with E-state index in [1.54, 1.807) is 18.2 Å². The molecule has 0 radical (unpaired) electrons. The van der Waals surface area contributed by atoms with E-state index in [-0.39, 0.29) is 17.2 Å². The van der Waals surface area contributed by atoms with Gasteiger partial charge in [0.25, 0.3) is 5.91 Å². The molecule has 5 heteroatoms. The van der Waals surface area contributed by atoms with Gasteiger partial charge in [-0.1, -0.05) is 13.0 Å². The third kappa shape index (κ3) is 4.12. The molecule has 27 heavy (non-hydrogen) atoms. The molecule has 146 valence electrons. The number of hydrogen-bond donors (Lipinski definition) is 2. The maximum absolute atomic E-state index is 12.5. The van der Waals surface area contributed by atoms with E-state index in [4.69, 9.17) is 4.74 Å². The zero-order chi connectivity index (χ0) is 18.9. The van der Waals surface area contributed by atoms with Gasteiger partial charge in [-0.25, -0.2) is 0 Å². The number of benzene rings is 1. The molecule has 0 heterocycles. The molecule has 0 aliphatic heterocycles. The lowest BCUT2D eigenvalue weighted by molar-refractivity contribution is -0.130. The summed E-state index contributed by atoms with van der Waals surface area (Å²) in [6, 6.07) is 7.05. The molecule has 4 aliphatic carbocycles. The number of carbonyl (C=O) groups is 2. The second kappa shape index (κ2) is 7.53. The summed E-state index contributed by atoms with van der Waals surface area (Å²) in [6.07, 6.45) is 9.13. The highest BCUT2D eigenvalue weighted by molar-refractivity contribution is 5.95. The highest BCUT2D eigenvalue weighted by atomic mass is 16.5. The number of carbonyl (C=O) groups excluding carboxylic acids is 2. The summed E-state index contributed by atoms with van der Waals surface area (Å²) in [5.74, 6) is 2.77. The van der Waals surface area contributed by atoms with E-state index in [1.165, 1.54) is 38.5 Å². The van der Waals surface area contributed by atoms with E-state index in [0.29, 0.717) is 24.3 Å². The van der Waals surface area contributed by atoms with Crippen LogP contribution in [0.15, 0.2) is 24.3 Å². The molecule has 5 rings (SSSR count). The fraction of sp³-hybridized carbons (Fsp3) is 0.636. The van der Waals surface area contributed by atoms with Gasteiger partial charge < -0.3 is 4.74 Å². The second-order valence-corrected chi connectivity index (χ2v) is 8.97. The molecule has 4 saturated carbocycles. The molecule has 5 nitrogen and oxygen atoms in total. The third-order valence-corrected chi connectivity index (χ3v) is 6.59. The Kier molecular flexibility index (Phi) is 5.11. The predicted molar refractivity (Wildman–Crippen MR) is 103 cm³/mol. The van der Waals surface area contributed by atoms with E-state index in [9.17, 15) is 9.59 Å². The van der Waals surface area contributed by atoms with Gasteiger partial charge in [0.1, 0.15) is 5.75 Å². The SMILES string of the molecule is CCCOc1cccc(C(=O)NNC(=O)CC23CC4CC(CC(C4)C2)C3)c1. The maximum atomic E-state index is 12.5. The lowest BCUT2D eigenvalue weighted by atomic mass is 9.49. The van der Waals surface area contributed by atoms with E-state index < -0.39 is 0 Å². The average Bonchev–Trinajstić information content (AvgIpc) is 2.63. The van der Waals surface area contributed by atoms with Crippen LogP contribution in [0.5, 0.6) is 5.75 Å². The standard InChI is InChI=1S/C22H30N2O3/c1-2-6-27-19-5-3-4-18(10-19)21(26)24-23-20(25)14-22-11-15-7-16(12-22)9-17(8-15)13-22/h3-5,10,15-17H,2,6-9,11-14H2,1H3,(H,23,25)(H,24,26). The molecule has 0 unspecified atom stereocenters. The Labute approximate surface area is 161 Å². The lowest BCUT2D eigenvalue weighted by Gasteiger charge is -2.56. The van der Waals surface area contributed by atoms with Gasteiger partial charge >= 0.3 is 0 Å². The quantitative estimate of drug-likeness (QED) is 0.748. The maximum Gasteiger partial charge on any atom is 0.269 e. The lowest BCUT2D eigenvalue weighted by Crippen LogP contribution is -2.50. The number of nitrogens with one attached hydrogen (secondary N) is 2. The Morgan fingerprint density at radius 2 is 1.74 bits per heavy atom. The van der Waals surface area contributed by atoms with Gasteiger partial charge in [0.2, 0.25) is 5.91 Å². The fourth-order valence-electron chi connectivity index (χ4n) is 6.04. The average molecular weight is 370 g/mol. The largest absolute Gasteiger partial charge is 0.494 e. The normalized spacial score (nSPS) is 30.8. The minimum Gasteiger partial charge on any atom is -0.494 e. The highest BCUT2D eigenvalue weighted by Gasteiger charge is 2.51. The first-order chi connectivity index (χ1) is 13.0. The molecule has 4 aliphatic rings. The van der Waals surface area contributed by atoms with Crippen LogP contribution >= 0.6 is 0 Å². The Bertz CT molecular complexity index is 680. The van der Waals surface area contributed by atoms with Crippen molar-refractivity contribution in [3.05, 3.63) is 29.8 Å². The van der Waals surface area contributed by atoms with Crippen molar-refractivity contribution >= 4 is 11.8 Å². The Morgan fingerprint density at radius 1 is 1.07 bits per heavy atom. The minimum atomic E-state index is -0.309. The van der Waals surface area contributed by atoms with Crippen molar-refractivity contribution in [2.24, 2.45) is 23.2 Å². The Balaban J connectivity index is 1.30. The van der Waals surface area contributed by atoms with Crippen LogP contribution in [-0.4, -0.2) is 18.4 Å². The van der Waals surface area contributed by atoms with Gasteiger partial charge in [0.05, 0.1) is 6.61 Å². The molecule has 0 spiro atoms. The Hall–Kier alpha value is -2.04. The van der Waals surface area contributed by atoms with Gasteiger partial charge in [0.15, 0.2) is 0 Å². The first-order valence-corrected chi connectivity index (χ1v) is 10.4. The molecule has 2 N–H and O–H groups in total. The van der Waals surface area contributed by atoms with E-state index in [0.717, 1.165) is 24.2 Å². The van der Waals surface area contributed by atoms with Crippen molar-refractivity contribution in [1.29, 1.82) is 0 Å². The molecule has 0 aromatic heterocycles. The number of amides is 2. The third-order valence-electron chi connectivity index (χ3n) is 6.59. The van der Waals surface area contributed by atoms with Crippen LogP contribution < -0.4 is 15.6 Å². The van der Waals surface area contributed by atoms with Crippen molar-refractivity contribution < 1.29 is 14.3 Å². The van der Waals surface area contributed by atoms with Crippen molar-refractivity contribution in [2.75, 3.05) is 6.61 Å². The number of hydrogen-bond acceptors (Lipinski definition) is 3. The summed E-state index contributed by atoms with van der Waals surface area (Å²) in [5, 5.41) is 0. The van der Waals surface area contributed by atoms with Crippen LogP contribution in [0, 0.1) is 23.2 Å². The van der Waals surface area contributed by atoms with Crippen molar-refractivity contribution in [2.45, 2.75) is 58.3 Å². The zero-order valence-corrected chi connectivity index (χ0v) is 16.1. The molecule has 0 atom stereocenters. The van der Waals surface area contributed by atoms with Gasteiger partial charge in [-0.2, -0.15) is 0 Å². The summed E-state index contributed by atoms with van der Waals surface area (Å²) in [6.45, 7) is 2.66. The number of ether oxygens (including phenoxy) is 1. The molecule has 4 fully saturated rings. The van der Waals surface area contributed by atoms with Crippen LogP contribution in [0.2, 0.25) is 0 Å². The number of hydrazine groups is 1. The van der Waals surface area contributed by atoms with Crippen molar-refractivity contribution in [3.8, 4) is 5.75 Å². The van der Waals surface area contributed by atoms with Crippen LogP contribution in [0.1, 0.15) is 68.6 Å². The van der Waals surface area contributed by atoms with Gasteiger partial charge in [-0.15, -0.1) is 0 Å². The van der Waals surface area contributed by atoms with Crippen molar-refractivity contribution in [3.63, 3.8) is 0 Å². The summed E-state index contributed by atoms with van der Waals surface area (Å²) in [7, 11) is 0. The molecule has 1 aromatic rings. The summed E-state index contributed by atoms with van der Waals surface area (Å²) < 4.78 is 5.56. The monoisotopic (exact) mass is 370 g/mol. The number of rotatable bonds is 6. The van der Waals surface area contributed by atoms with Gasteiger partial charge in [-0.05, 0) is 86.3 Å². The minimum absolute atomic E-state index is 0.0660. The summed E-state index contributed by atoms with van der Waals surface area (Å²) in [5.41, 5.74) is 5.87. The highest BCUT2D eigenvalue weighted by Crippen LogP contribution is 2.61. The van der Waals surface area contributed by atoms with Crippen LogP contribution in [0.3, 0.4) is 0 Å². The zero-order valence-electron chi connectivity index (χ0n) is 16.1. The van der Waals surface area contributed by atoms with Crippen molar-refractivity contribution in [1.82, 2.24) is 10.9 Å². The molecular formula is C22H30N2O3. The predicted octanol–water partition coefficient (Wildman–Crippen LogP) is 3.84. The molecule has 2 amide bonds. The first-order valence-electron chi connectivity index (χ1n) is 10.4. The van der Waals surface area contributed by atoms with E-state index in [1.807, 2.05) is 13.0 Å². The molecule has 0 saturated heterocycles. The first kappa shape index (κ1) is 18.3. The van der Waals surface area contributed by atoms with Crippen LogP contribution in [0.25, 0.3) is 0 Å². The van der Waals surface area contributed by atoms with E-state index in [2.05, 4.69) is 10.9 Å².